The van der Waals surface area contributed by atoms with Gasteiger partial charge in [-0.15, -0.1) is 6.07 Å². The minimum atomic E-state index is 0. The van der Waals surface area contributed by atoms with Crippen LogP contribution >= 0.6 is 22.6 Å². The van der Waals surface area contributed by atoms with Gasteiger partial charge in [0.25, 0.3) is 0 Å². The summed E-state index contributed by atoms with van der Waals surface area (Å²) in [6.45, 7) is 0. The second kappa shape index (κ2) is 2.85. The Balaban J connectivity index is 0.000000720. The van der Waals surface area contributed by atoms with Gasteiger partial charge in [-0.05, 0) is 6.20 Å². The summed E-state index contributed by atoms with van der Waals surface area (Å²) in [5.74, 6) is 0. The Hall–Kier alpha value is -1.51. The Morgan fingerprint density at radius 2 is 2.17 bits per heavy atom. The van der Waals surface area contributed by atoms with E-state index in [0.717, 1.165) is 0 Å². The Labute approximate surface area is 79.2 Å². The average Bonchev–Trinajstić information content (AvgIpc) is 2.35. The molecule has 3 heteroatoms. The molecule has 1 aromatic carbocycles. The van der Waals surface area contributed by atoms with Crippen molar-refractivity contribution < 1.29 is 0 Å². The number of rotatable bonds is 0. The van der Waals surface area contributed by atoms with Gasteiger partial charge >= 0.3 is 0 Å². The first kappa shape index (κ1) is 8.59. The molecule has 2 rings (SSSR count). The van der Waals surface area contributed by atoms with E-state index >= 15 is 0 Å². The summed E-state index contributed by atoms with van der Waals surface area (Å²) in [6.07, 6.45) is 2.07. The average molecular weight is 523 g/mol. The summed E-state index contributed by atoms with van der Waals surface area (Å²) in [5, 5.41) is 1.29. The number of hydrogen-bond acceptors (Lipinski definition) is 0. The molecule has 12 heavy (non-hydrogen) atoms. The SMILES string of the molecule is Cn1ccc2c(I)[c-]ccc21.[Rf]. The maximum atomic E-state index is 3.16. The molecule has 1 heterocycles. The van der Waals surface area contributed by atoms with Gasteiger partial charge in [0.05, 0.1) is 0 Å². The number of hydrogen-bond donors (Lipinski definition) is 0. The van der Waals surface area contributed by atoms with Crippen LogP contribution < -0.4 is 0 Å². The van der Waals surface area contributed by atoms with E-state index in [9.17, 15) is 0 Å². The molecule has 1 aromatic heterocycles. The molecule has 0 aliphatic carbocycles. The molecule has 0 N–H and O–H groups in total. The molecule has 2 aromatic rings. The Bertz CT molecular complexity index is 394. The van der Waals surface area contributed by atoms with E-state index in [2.05, 4.69) is 58.6 Å². The first-order valence-corrected chi connectivity index (χ1v) is 4.48. The van der Waals surface area contributed by atoms with Crippen LogP contribution in [0.3, 0.4) is 0 Å². The van der Waals surface area contributed by atoms with E-state index in [-0.39, 0.29) is 0 Å². The number of benzene rings is 1. The van der Waals surface area contributed by atoms with Gasteiger partial charge in [-0.1, -0.05) is 43.1 Å². The molecular formula is C9H7INRf-. The van der Waals surface area contributed by atoms with Crippen molar-refractivity contribution in [2.24, 2.45) is 7.05 Å². The van der Waals surface area contributed by atoms with Gasteiger partial charge in [-0.25, -0.2) is 0 Å². The topological polar surface area (TPSA) is 4.93 Å². The standard InChI is InChI=1S/C9H7IN.Rf/c1-11-6-5-7-8(10)3-2-4-9(7)11;/h2,4-6H,1H3;/q-1;. The molecule has 0 aliphatic rings. The van der Waals surface area contributed by atoms with E-state index in [0.29, 0.717) is 0 Å². The largest absolute Gasteiger partial charge is 0.374 e. The Morgan fingerprint density at radius 3 is 2.83 bits per heavy atom. The molecule has 0 aliphatic heterocycles. The van der Waals surface area contributed by atoms with Gasteiger partial charge in [0.15, 0.2) is 0 Å². The van der Waals surface area contributed by atoms with Crippen LogP contribution in [-0.4, -0.2) is 4.57 Å². The zero-order valence-corrected chi connectivity index (χ0v) is 15.4. The van der Waals surface area contributed by atoms with Gasteiger partial charge in [-0.2, -0.15) is 12.1 Å². The van der Waals surface area contributed by atoms with Crippen LogP contribution in [0.2, 0.25) is 0 Å². The fourth-order valence-corrected chi connectivity index (χ4v) is 1.84. The third kappa shape index (κ3) is 1.03. The predicted octanol–water partition coefficient (Wildman–Crippen LogP) is 2.58. The molecule has 1 nitrogen and oxygen atoms in total. The quantitative estimate of drug-likeness (QED) is 0.370. The van der Waals surface area contributed by atoms with E-state index in [4.69, 9.17) is 0 Å². The minimum absolute atomic E-state index is 0. The third-order valence-corrected chi connectivity index (χ3v) is 2.70. The zero-order valence-electron chi connectivity index (χ0n) is 6.84. The molecule has 0 atom stereocenters. The van der Waals surface area contributed by atoms with Crippen LogP contribution in [0.4, 0.5) is 0 Å². The maximum Gasteiger partial charge on any atom is 0.00892 e. The van der Waals surface area contributed by atoms with Crippen molar-refractivity contribution in [2.75, 3.05) is 0 Å². The summed E-state index contributed by atoms with van der Waals surface area (Å²) in [4.78, 5) is 0. The second-order valence-electron chi connectivity index (χ2n) is 2.52. The van der Waals surface area contributed by atoms with Crippen LogP contribution in [0.1, 0.15) is 0 Å². The van der Waals surface area contributed by atoms with Gasteiger partial charge in [-0.3, -0.25) is 0 Å². The predicted molar refractivity (Wildman–Crippen MR) is 54.5 cm³/mol. The molecule has 0 saturated carbocycles. The summed E-state index contributed by atoms with van der Waals surface area (Å²) in [5.41, 5.74) is 1.27. The van der Waals surface area contributed by atoms with Crippen molar-refractivity contribution in [3.8, 4) is 0 Å². The van der Waals surface area contributed by atoms with E-state index in [1.807, 2.05) is 6.07 Å². The van der Waals surface area contributed by atoms with Gasteiger partial charge in [0.1, 0.15) is 0 Å². The first-order valence-electron chi connectivity index (χ1n) is 3.40. The van der Waals surface area contributed by atoms with Crippen molar-refractivity contribution in [1.29, 1.82) is 0 Å². The van der Waals surface area contributed by atoms with Gasteiger partial charge in [0, 0.05) is 7.05 Å². The van der Waals surface area contributed by atoms with E-state index in [1.54, 1.807) is 0 Å². The maximum absolute atomic E-state index is 3.16. The van der Waals surface area contributed by atoms with Crippen LogP contribution in [0.15, 0.2) is 24.4 Å². The molecule has 0 saturated heterocycles. The fraction of sp³-hybridized carbons (Fsp3) is 0.111. The van der Waals surface area contributed by atoms with Gasteiger partial charge < -0.3 is 4.57 Å². The Kier molecular flexibility index (Phi) is 2.04. The molecule has 0 amide bonds. The van der Waals surface area contributed by atoms with Crippen molar-refractivity contribution in [3.63, 3.8) is 0 Å². The number of halogens is 1. The van der Waals surface area contributed by atoms with Crippen molar-refractivity contribution >= 4 is 33.5 Å². The number of aromatic nitrogens is 1. The third-order valence-electron chi connectivity index (χ3n) is 1.81. The summed E-state index contributed by atoms with van der Waals surface area (Å²) in [6, 6.07) is 9.32. The number of aryl methyl sites for hydroxylation is 1. The Morgan fingerprint density at radius 1 is 1.42 bits per heavy atom. The first-order chi connectivity index (χ1) is 5.29. The minimum Gasteiger partial charge on any atom is -0.374 e. The number of nitrogens with zero attached hydrogens (tertiary/aromatic N) is 1. The molecule has 58 valence electrons. The molecule has 0 radical (unpaired) electrons. The molecule has 0 unspecified atom stereocenters. The monoisotopic (exact) mass is 523 g/mol. The van der Waals surface area contributed by atoms with Gasteiger partial charge in [0.2, 0.25) is 0 Å². The zero-order chi connectivity index (χ0) is 7.84. The smallest absolute Gasteiger partial charge is 0.00892 e. The van der Waals surface area contributed by atoms with Crippen molar-refractivity contribution in [1.82, 2.24) is 4.57 Å². The molecule has 0 bridgehead atoms. The normalized spacial score (nSPS) is 9.83. The molecule has 0 spiro atoms. The fourth-order valence-electron chi connectivity index (χ4n) is 1.21. The van der Waals surface area contributed by atoms with E-state index < -0.39 is 0 Å². The van der Waals surface area contributed by atoms with Crippen LogP contribution in [0, 0.1) is 9.64 Å². The summed E-state index contributed by atoms with van der Waals surface area (Å²) < 4.78 is 3.31. The van der Waals surface area contributed by atoms with Crippen LogP contribution in [-0.2, 0) is 7.05 Å². The van der Waals surface area contributed by atoms with E-state index in [1.165, 1.54) is 14.5 Å². The van der Waals surface area contributed by atoms with Crippen molar-refractivity contribution in [2.45, 2.75) is 0 Å². The number of fused-ring (bicyclic) bond motifs is 1. The molecular weight excluding hydrogens is 516 g/mol. The van der Waals surface area contributed by atoms with Crippen LogP contribution in [0.5, 0.6) is 0 Å². The van der Waals surface area contributed by atoms with Crippen LogP contribution in [0.25, 0.3) is 10.9 Å². The summed E-state index contributed by atoms with van der Waals surface area (Å²) >= 11 is 2.30. The molecule has 0 fully saturated rings. The van der Waals surface area contributed by atoms with Crippen molar-refractivity contribution in [3.05, 3.63) is 34.0 Å². The summed E-state index contributed by atoms with van der Waals surface area (Å²) in [7, 11) is 2.05. The second-order valence-corrected chi connectivity index (χ2v) is 3.60.